The molecule has 4 N–H and O–H groups in total. The summed E-state index contributed by atoms with van der Waals surface area (Å²) in [5.74, 6) is 1.02. The van der Waals surface area contributed by atoms with E-state index in [0.29, 0.717) is 38.9 Å². The maximum Gasteiger partial charge on any atom is 0.303 e. The molecule has 0 aliphatic heterocycles. The molecule has 0 saturated heterocycles. The number of carbonyl (C=O) groups is 4. The third-order valence-electron chi connectivity index (χ3n) is 11.6. The number of benzene rings is 2. The van der Waals surface area contributed by atoms with E-state index in [1.807, 2.05) is 59.9 Å². The van der Waals surface area contributed by atoms with E-state index < -0.39 is 23.9 Å². The molecule has 382 valence electrons. The maximum atomic E-state index is 10.6. The molecule has 0 aliphatic carbocycles. The number of carboxylic acids is 4. The Morgan fingerprint density at radius 2 is 0.537 bits per heavy atom. The van der Waals surface area contributed by atoms with Crippen LogP contribution in [-0.2, 0) is 19.2 Å². The van der Waals surface area contributed by atoms with Gasteiger partial charge in [-0.2, -0.15) is 0 Å². The van der Waals surface area contributed by atoms with Gasteiger partial charge in [-0.25, -0.2) is 0 Å². The van der Waals surface area contributed by atoms with Crippen molar-refractivity contribution in [2.24, 2.45) is 0 Å². The van der Waals surface area contributed by atoms with Crippen molar-refractivity contribution in [1.29, 1.82) is 0 Å². The number of para-hydroxylation sites is 2. The van der Waals surface area contributed by atoms with E-state index in [4.69, 9.17) is 29.9 Å². The van der Waals surface area contributed by atoms with Crippen molar-refractivity contribution >= 4 is 47.4 Å². The molecule has 0 unspecified atom stereocenters. The maximum absolute atomic E-state index is 10.6. The Morgan fingerprint density at radius 3 is 0.806 bits per heavy atom. The summed E-state index contributed by atoms with van der Waals surface area (Å²) >= 11 is 3.66. The van der Waals surface area contributed by atoms with Gasteiger partial charge in [-0.3, -0.25) is 19.2 Å². The van der Waals surface area contributed by atoms with Crippen LogP contribution in [0.1, 0.15) is 225 Å². The molecular formula is C55H90O10S2. The minimum atomic E-state index is -0.778. The summed E-state index contributed by atoms with van der Waals surface area (Å²) in [4.78, 5) is 44.4. The van der Waals surface area contributed by atoms with Crippen LogP contribution in [0.5, 0.6) is 11.5 Å². The molecule has 10 nitrogen and oxygen atoms in total. The summed E-state index contributed by atoms with van der Waals surface area (Å²) in [6.45, 7) is 0.887. The zero-order chi connectivity index (χ0) is 48.7. The first-order valence-corrected chi connectivity index (χ1v) is 28.2. The zero-order valence-corrected chi connectivity index (χ0v) is 42.9. The van der Waals surface area contributed by atoms with E-state index in [2.05, 4.69) is 12.1 Å². The number of rotatable bonds is 47. The second kappa shape index (κ2) is 46.4. The smallest absolute Gasteiger partial charge is 0.303 e. The number of hydrogen-bond acceptors (Lipinski definition) is 8. The summed E-state index contributed by atoms with van der Waals surface area (Å²) in [7, 11) is 0. The topological polar surface area (TPSA) is 168 Å². The van der Waals surface area contributed by atoms with Crippen molar-refractivity contribution < 1.29 is 49.1 Å². The summed E-state index contributed by atoms with van der Waals surface area (Å²) in [6, 6.07) is 16.1. The van der Waals surface area contributed by atoms with Crippen molar-refractivity contribution in [3.8, 4) is 11.5 Å². The Labute approximate surface area is 413 Å². The second-order valence-corrected chi connectivity index (χ2v) is 20.1. The Morgan fingerprint density at radius 1 is 0.313 bits per heavy atom. The number of ether oxygens (including phenoxy) is 2. The van der Waals surface area contributed by atoms with Crippen molar-refractivity contribution in [2.75, 3.05) is 24.7 Å². The molecule has 0 spiro atoms. The Hall–Kier alpha value is -3.38. The highest BCUT2D eigenvalue weighted by Crippen LogP contribution is 2.31. The second-order valence-electron chi connectivity index (χ2n) is 17.8. The van der Waals surface area contributed by atoms with Crippen LogP contribution in [0.25, 0.3) is 0 Å². The Balaban J connectivity index is 0.000000670. The lowest BCUT2D eigenvalue weighted by Crippen LogP contribution is -2.02. The first-order valence-electron chi connectivity index (χ1n) is 26.3. The lowest BCUT2D eigenvalue weighted by Gasteiger charge is -2.10. The molecule has 0 bridgehead atoms. The molecule has 0 aromatic heterocycles. The van der Waals surface area contributed by atoms with Crippen molar-refractivity contribution in [3.05, 3.63) is 48.5 Å². The number of unbranched alkanes of at least 4 members (excludes halogenated alkanes) is 27. The molecule has 0 saturated carbocycles. The van der Waals surface area contributed by atoms with Crippen LogP contribution in [0.4, 0.5) is 0 Å². The molecule has 0 amide bonds. The highest BCUT2D eigenvalue weighted by molar-refractivity contribution is 7.99. The molecule has 2 rings (SSSR count). The van der Waals surface area contributed by atoms with Crippen molar-refractivity contribution in [3.63, 3.8) is 0 Å². The number of hydrogen-bond donors (Lipinski definition) is 4. The van der Waals surface area contributed by atoms with Crippen LogP contribution in [0.3, 0.4) is 0 Å². The average Bonchev–Trinajstić information content (AvgIpc) is 3.30. The first kappa shape index (κ1) is 61.6. The Kier molecular flexibility index (Phi) is 42.6. The van der Waals surface area contributed by atoms with Gasteiger partial charge in [0.1, 0.15) is 11.5 Å². The van der Waals surface area contributed by atoms with Gasteiger partial charge < -0.3 is 29.9 Å². The third-order valence-corrected chi connectivity index (χ3v) is 13.9. The van der Waals surface area contributed by atoms with Gasteiger partial charge in [0.2, 0.25) is 0 Å². The van der Waals surface area contributed by atoms with E-state index in [9.17, 15) is 19.2 Å². The first-order chi connectivity index (χ1) is 32.7. The Bertz CT molecular complexity index is 1510. The molecule has 12 heteroatoms. The molecule has 0 aliphatic rings. The highest BCUT2D eigenvalue weighted by Gasteiger charge is 2.07. The minimum Gasteiger partial charge on any atom is -0.492 e. The van der Waals surface area contributed by atoms with Gasteiger partial charge in [-0.1, -0.05) is 185 Å². The van der Waals surface area contributed by atoms with Gasteiger partial charge in [-0.15, -0.1) is 23.5 Å². The molecule has 67 heavy (non-hydrogen) atoms. The van der Waals surface area contributed by atoms with Gasteiger partial charge in [0.25, 0.3) is 0 Å². The fourth-order valence-electron chi connectivity index (χ4n) is 7.73. The van der Waals surface area contributed by atoms with Gasteiger partial charge >= 0.3 is 23.9 Å². The number of carboxylic acid groups (broad SMARTS) is 4. The normalized spacial score (nSPS) is 10.9. The molecular weight excluding hydrogens is 885 g/mol. The zero-order valence-electron chi connectivity index (χ0n) is 41.3. The standard InChI is InChI=1S/C28H46O5S.C27H44O5S/c29-27(30)21-14-12-10-8-6-4-2-1-3-5-7-9-11-13-17-24-34-26-20-16-15-19-25(26)33-23-18-22-28(31)32;28-26(29)20-13-11-9-7-5-3-1-2-4-6-8-10-12-16-23-33-25-19-15-14-18-24(25)32-22-17-21-27(30)31/h15-16,19-20H,1-14,17-18,21-24H2,(H,29,30)(H,31,32);14-15,18-19H,1-13,16-17,20-23H2,(H,28,29)(H,30,31). The van der Waals surface area contributed by atoms with Gasteiger partial charge in [0, 0.05) is 35.5 Å². The molecule has 2 aromatic rings. The van der Waals surface area contributed by atoms with Crippen LogP contribution in [-0.4, -0.2) is 69.0 Å². The van der Waals surface area contributed by atoms with Gasteiger partial charge in [0.05, 0.1) is 13.2 Å². The van der Waals surface area contributed by atoms with Gasteiger partial charge in [-0.05, 0) is 74.3 Å². The lowest BCUT2D eigenvalue weighted by atomic mass is 10.0. The van der Waals surface area contributed by atoms with Crippen molar-refractivity contribution in [2.45, 2.75) is 235 Å². The minimum absolute atomic E-state index is 0.146. The fourth-order valence-corrected chi connectivity index (χ4v) is 9.75. The SMILES string of the molecule is O=C(O)CCCCCCCCCCCCCCCCCSc1ccccc1OCCCC(=O)O.O=C(O)CCCCCCCCCCCCCCCCSc1ccccc1OCCCC(=O)O. The van der Waals surface area contributed by atoms with E-state index >= 15 is 0 Å². The summed E-state index contributed by atoms with van der Waals surface area (Å²) in [5.41, 5.74) is 0. The van der Waals surface area contributed by atoms with Crippen LogP contribution < -0.4 is 9.47 Å². The molecule has 0 atom stereocenters. The predicted molar refractivity (Wildman–Crippen MR) is 277 cm³/mol. The molecule has 0 heterocycles. The van der Waals surface area contributed by atoms with Crippen LogP contribution in [0.2, 0.25) is 0 Å². The van der Waals surface area contributed by atoms with Crippen LogP contribution in [0.15, 0.2) is 58.3 Å². The summed E-state index contributed by atoms with van der Waals surface area (Å²) in [6.07, 6.45) is 38.3. The molecule has 2 aromatic carbocycles. The van der Waals surface area contributed by atoms with E-state index in [-0.39, 0.29) is 12.8 Å². The quantitative estimate of drug-likeness (QED) is 0.0367. The molecule has 0 radical (unpaired) electrons. The average molecular weight is 975 g/mol. The van der Waals surface area contributed by atoms with Crippen LogP contribution >= 0.6 is 23.5 Å². The van der Waals surface area contributed by atoms with Crippen molar-refractivity contribution in [1.82, 2.24) is 0 Å². The van der Waals surface area contributed by atoms with Gasteiger partial charge in [0.15, 0.2) is 0 Å². The fraction of sp³-hybridized carbons (Fsp3) is 0.709. The van der Waals surface area contributed by atoms with Crippen LogP contribution in [0, 0.1) is 0 Å². The van der Waals surface area contributed by atoms with E-state index in [1.54, 1.807) is 0 Å². The number of thioether (sulfide) groups is 2. The summed E-state index contributed by atoms with van der Waals surface area (Å²) in [5, 5.41) is 34.6. The lowest BCUT2D eigenvalue weighted by molar-refractivity contribution is -0.138. The van der Waals surface area contributed by atoms with E-state index in [1.165, 1.54) is 161 Å². The monoisotopic (exact) mass is 975 g/mol. The largest absolute Gasteiger partial charge is 0.492 e. The third kappa shape index (κ3) is 42.5. The van der Waals surface area contributed by atoms with E-state index in [0.717, 1.165) is 58.5 Å². The predicted octanol–water partition coefficient (Wildman–Crippen LogP) is 16.3. The number of aliphatic carboxylic acids is 4. The summed E-state index contributed by atoms with van der Waals surface area (Å²) < 4.78 is 11.5. The molecule has 0 fully saturated rings. The highest BCUT2D eigenvalue weighted by atomic mass is 32.2.